The number of amides is 1. The van der Waals surface area contributed by atoms with Gasteiger partial charge in [-0.3, -0.25) is 14.6 Å². The normalized spacial score (nSPS) is 15.0. The van der Waals surface area contributed by atoms with Gasteiger partial charge in [0.05, 0.1) is 22.8 Å². The molecule has 1 amide bonds. The molecule has 1 aromatic heterocycles. The van der Waals surface area contributed by atoms with Crippen LogP contribution in [0.5, 0.6) is 0 Å². The number of aryl methyl sites for hydroxylation is 1. The Morgan fingerprint density at radius 3 is 2.45 bits per heavy atom. The van der Waals surface area contributed by atoms with Gasteiger partial charge in [0.1, 0.15) is 0 Å². The molecule has 0 unspecified atom stereocenters. The van der Waals surface area contributed by atoms with E-state index in [0.717, 1.165) is 54.9 Å². The maximum Gasteiger partial charge on any atom is 0.236 e. The molecule has 2 aromatic carbocycles. The van der Waals surface area contributed by atoms with Gasteiger partial charge in [-0.05, 0) is 31.2 Å². The van der Waals surface area contributed by atoms with Gasteiger partial charge in [-0.25, -0.2) is 4.98 Å². The van der Waals surface area contributed by atoms with Crippen LogP contribution in [0.15, 0.2) is 54.6 Å². The molecular formula is C25H29ClN4O. The molecule has 1 saturated heterocycles. The van der Waals surface area contributed by atoms with Gasteiger partial charge in [-0.2, -0.15) is 0 Å². The van der Waals surface area contributed by atoms with Crippen LogP contribution in [0.1, 0.15) is 16.8 Å². The summed E-state index contributed by atoms with van der Waals surface area (Å²) < 4.78 is 0. The molecular weight excluding hydrogens is 408 g/mol. The van der Waals surface area contributed by atoms with Crippen molar-refractivity contribution in [2.24, 2.45) is 0 Å². The molecule has 0 atom stereocenters. The smallest absolute Gasteiger partial charge is 0.236 e. The van der Waals surface area contributed by atoms with Crippen LogP contribution in [-0.2, 0) is 17.9 Å². The summed E-state index contributed by atoms with van der Waals surface area (Å²) in [7, 11) is 1.95. The number of carbonyl (C=O) groups is 1. The first-order valence-corrected chi connectivity index (χ1v) is 11.2. The monoisotopic (exact) mass is 436 g/mol. The van der Waals surface area contributed by atoms with E-state index >= 15 is 0 Å². The number of aromatic nitrogens is 1. The number of para-hydroxylation sites is 1. The number of benzene rings is 2. The Hall–Kier alpha value is -2.47. The predicted octanol–water partition coefficient (Wildman–Crippen LogP) is 3.97. The Bertz CT molecular complexity index is 1050. The molecule has 0 bridgehead atoms. The van der Waals surface area contributed by atoms with E-state index in [1.54, 1.807) is 0 Å². The van der Waals surface area contributed by atoms with E-state index < -0.39 is 0 Å². The van der Waals surface area contributed by atoms with E-state index in [4.69, 9.17) is 16.6 Å². The second kappa shape index (κ2) is 9.77. The van der Waals surface area contributed by atoms with Gasteiger partial charge in [0.2, 0.25) is 5.91 Å². The van der Waals surface area contributed by atoms with Crippen LogP contribution < -0.4 is 0 Å². The molecule has 0 N–H and O–H groups in total. The molecule has 0 saturated carbocycles. The van der Waals surface area contributed by atoms with E-state index in [1.807, 2.05) is 54.1 Å². The Morgan fingerprint density at radius 2 is 1.71 bits per heavy atom. The van der Waals surface area contributed by atoms with Crippen LogP contribution >= 0.6 is 11.6 Å². The van der Waals surface area contributed by atoms with Gasteiger partial charge in [-0.15, -0.1) is 0 Å². The second-order valence-electron chi connectivity index (χ2n) is 8.33. The zero-order valence-electron chi connectivity index (χ0n) is 18.2. The number of carbonyl (C=O) groups excluding carboxylic acids is 1. The lowest BCUT2D eigenvalue weighted by Crippen LogP contribution is -2.50. The van der Waals surface area contributed by atoms with Crippen molar-refractivity contribution in [3.8, 4) is 0 Å². The third-order valence-electron chi connectivity index (χ3n) is 5.94. The first kappa shape index (κ1) is 21.8. The molecule has 2 heterocycles. The molecule has 3 aromatic rings. The van der Waals surface area contributed by atoms with Gasteiger partial charge in [0, 0.05) is 44.7 Å². The molecule has 0 spiro atoms. The Kier molecular flexibility index (Phi) is 6.86. The molecule has 162 valence electrons. The van der Waals surface area contributed by atoms with Gasteiger partial charge in [0.15, 0.2) is 0 Å². The molecule has 4 rings (SSSR count). The molecule has 1 aliphatic rings. The van der Waals surface area contributed by atoms with Crippen molar-refractivity contribution in [3.63, 3.8) is 0 Å². The summed E-state index contributed by atoms with van der Waals surface area (Å²) in [5, 5.41) is 1.76. The Morgan fingerprint density at radius 1 is 1.03 bits per heavy atom. The number of likely N-dealkylation sites (N-methyl/N-ethyl adjacent to an activating group) is 1. The number of rotatable bonds is 6. The van der Waals surface area contributed by atoms with Gasteiger partial charge in [0.25, 0.3) is 0 Å². The summed E-state index contributed by atoms with van der Waals surface area (Å²) in [5.74, 6) is 0.162. The molecule has 1 aliphatic heterocycles. The Labute approximate surface area is 189 Å². The third kappa shape index (κ3) is 5.24. The standard InChI is InChI=1S/C25H29ClN4O/c1-19-21-10-6-7-11-22(21)27-23(25(19)26)17-28(2)18-24(31)30-14-12-29(13-15-30)16-20-8-4-3-5-9-20/h3-11H,12-18H2,1-2H3. The summed E-state index contributed by atoms with van der Waals surface area (Å²) >= 11 is 6.59. The van der Waals surface area contributed by atoms with Gasteiger partial charge in [-0.1, -0.05) is 60.1 Å². The van der Waals surface area contributed by atoms with Gasteiger partial charge < -0.3 is 4.90 Å². The average Bonchev–Trinajstić information content (AvgIpc) is 2.78. The highest BCUT2D eigenvalue weighted by atomic mass is 35.5. The van der Waals surface area contributed by atoms with Crippen molar-refractivity contribution in [3.05, 3.63) is 76.4 Å². The highest BCUT2D eigenvalue weighted by molar-refractivity contribution is 6.32. The minimum atomic E-state index is 0.162. The van der Waals surface area contributed by atoms with E-state index in [1.165, 1.54) is 5.56 Å². The van der Waals surface area contributed by atoms with Crippen LogP contribution in [0.2, 0.25) is 5.02 Å². The minimum absolute atomic E-state index is 0.162. The first-order valence-electron chi connectivity index (χ1n) is 10.8. The molecule has 31 heavy (non-hydrogen) atoms. The Balaban J connectivity index is 1.31. The number of fused-ring (bicyclic) bond motifs is 1. The molecule has 5 nitrogen and oxygen atoms in total. The van der Waals surface area contributed by atoms with Crippen LogP contribution in [0.3, 0.4) is 0 Å². The van der Waals surface area contributed by atoms with Crippen LogP contribution in [0.25, 0.3) is 10.9 Å². The SMILES string of the molecule is Cc1c(Cl)c(CN(C)CC(=O)N2CCN(Cc3ccccc3)CC2)nc2ccccc12. The zero-order valence-corrected chi connectivity index (χ0v) is 19.0. The quantitative estimate of drug-likeness (QED) is 0.586. The van der Waals surface area contributed by atoms with Crippen molar-refractivity contribution < 1.29 is 4.79 Å². The van der Waals surface area contributed by atoms with E-state index in [2.05, 4.69) is 29.2 Å². The van der Waals surface area contributed by atoms with E-state index in [-0.39, 0.29) is 5.91 Å². The van der Waals surface area contributed by atoms with Crippen molar-refractivity contribution >= 4 is 28.4 Å². The van der Waals surface area contributed by atoms with Crippen molar-refractivity contribution in [1.82, 2.24) is 19.7 Å². The summed E-state index contributed by atoms with van der Waals surface area (Å²) in [4.78, 5) is 24.0. The number of nitrogens with zero attached hydrogens (tertiary/aromatic N) is 4. The average molecular weight is 437 g/mol. The largest absolute Gasteiger partial charge is 0.339 e. The number of halogens is 1. The molecule has 6 heteroatoms. The lowest BCUT2D eigenvalue weighted by Gasteiger charge is -2.35. The summed E-state index contributed by atoms with van der Waals surface area (Å²) in [6.45, 7) is 7.22. The maximum absolute atomic E-state index is 12.8. The van der Waals surface area contributed by atoms with Crippen LogP contribution in [0, 0.1) is 6.92 Å². The fourth-order valence-electron chi connectivity index (χ4n) is 4.16. The third-order valence-corrected chi connectivity index (χ3v) is 6.45. The highest BCUT2D eigenvalue weighted by Crippen LogP contribution is 2.27. The predicted molar refractivity (Wildman–Crippen MR) is 126 cm³/mol. The summed E-state index contributed by atoms with van der Waals surface area (Å²) in [6.07, 6.45) is 0. The first-order chi connectivity index (χ1) is 15.0. The lowest BCUT2D eigenvalue weighted by molar-refractivity contribution is -0.134. The van der Waals surface area contributed by atoms with E-state index in [9.17, 15) is 4.79 Å². The number of piperazine rings is 1. The topological polar surface area (TPSA) is 39.7 Å². The number of pyridine rings is 1. The number of hydrogen-bond acceptors (Lipinski definition) is 4. The summed E-state index contributed by atoms with van der Waals surface area (Å²) in [6, 6.07) is 18.5. The molecule has 0 aliphatic carbocycles. The minimum Gasteiger partial charge on any atom is -0.339 e. The lowest BCUT2D eigenvalue weighted by atomic mass is 10.1. The second-order valence-corrected chi connectivity index (χ2v) is 8.71. The number of hydrogen-bond donors (Lipinski definition) is 0. The zero-order chi connectivity index (χ0) is 21.8. The summed E-state index contributed by atoms with van der Waals surface area (Å²) in [5.41, 5.74) is 4.11. The van der Waals surface area contributed by atoms with Crippen molar-refractivity contribution in [1.29, 1.82) is 0 Å². The highest BCUT2D eigenvalue weighted by Gasteiger charge is 2.22. The van der Waals surface area contributed by atoms with Crippen molar-refractivity contribution in [2.75, 3.05) is 39.8 Å². The van der Waals surface area contributed by atoms with Crippen LogP contribution in [0.4, 0.5) is 0 Å². The van der Waals surface area contributed by atoms with Crippen molar-refractivity contribution in [2.45, 2.75) is 20.0 Å². The molecule has 1 fully saturated rings. The fourth-order valence-corrected chi connectivity index (χ4v) is 4.37. The van der Waals surface area contributed by atoms with Gasteiger partial charge >= 0.3 is 0 Å². The van der Waals surface area contributed by atoms with Crippen LogP contribution in [-0.4, -0.2) is 65.4 Å². The fraction of sp³-hybridized carbons (Fsp3) is 0.360. The molecule has 0 radical (unpaired) electrons. The van der Waals surface area contributed by atoms with E-state index in [0.29, 0.717) is 18.1 Å². The maximum atomic E-state index is 12.8.